The largest absolute Gasteiger partial charge is 0.444 e. The molecule has 4 nitrogen and oxygen atoms in total. The highest BCUT2D eigenvalue weighted by molar-refractivity contribution is 5.68. The Balaban J connectivity index is 2.85. The second-order valence-electron chi connectivity index (χ2n) is 6.31. The fourth-order valence-electron chi connectivity index (χ4n) is 2.22. The smallest absolute Gasteiger partial charge is 0.410 e. The van der Waals surface area contributed by atoms with Crippen molar-refractivity contribution in [3.05, 3.63) is 0 Å². The van der Waals surface area contributed by atoms with Crippen LogP contribution >= 0.6 is 0 Å². The van der Waals surface area contributed by atoms with Crippen molar-refractivity contribution in [3.63, 3.8) is 0 Å². The highest BCUT2D eigenvalue weighted by Gasteiger charge is 2.57. The molecule has 0 radical (unpaired) electrons. The average molecular weight is 282 g/mol. The van der Waals surface area contributed by atoms with E-state index in [-0.39, 0.29) is 13.1 Å². The van der Waals surface area contributed by atoms with Crippen molar-refractivity contribution < 1.29 is 22.7 Å². The molecule has 0 aromatic heterocycles. The van der Waals surface area contributed by atoms with Crippen LogP contribution in [0.4, 0.5) is 18.0 Å². The summed E-state index contributed by atoms with van der Waals surface area (Å²) in [6.07, 6.45) is -5.09. The monoisotopic (exact) mass is 282 g/mol. The molecule has 1 aliphatic heterocycles. The van der Waals surface area contributed by atoms with Gasteiger partial charge in [0.05, 0.1) is 5.92 Å². The molecule has 1 aliphatic rings. The van der Waals surface area contributed by atoms with E-state index in [9.17, 15) is 18.0 Å². The van der Waals surface area contributed by atoms with E-state index >= 15 is 0 Å². The molecule has 1 amide bonds. The summed E-state index contributed by atoms with van der Waals surface area (Å²) in [6, 6.07) is 0. The van der Waals surface area contributed by atoms with Crippen molar-refractivity contribution in [2.45, 2.75) is 39.5 Å². The summed E-state index contributed by atoms with van der Waals surface area (Å²) in [5.41, 5.74) is 3.58. The van der Waals surface area contributed by atoms with Crippen LogP contribution in [0, 0.1) is 11.3 Å². The highest BCUT2D eigenvalue weighted by Crippen LogP contribution is 2.45. The number of rotatable bonds is 1. The molecule has 1 rings (SSSR count). The van der Waals surface area contributed by atoms with E-state index < -0.39 is 35.7 Å². The van der Waals surface area contributed by atoms with Gasteiger partial charge in [-0.25, -0.2) is 4.79 Å². The first-order chi connectivity index (χ1) is 8.39. The molecule has 0 unspecified atom stereocenters. The highest BCUT2D eigenvalue weighted by atomic mass is 19.4. The summed E-state index contributed by atoms with van der Waals surface area (Å²) in [6.45, 7) is 5.90. The number of alkyl halides is 3. The SMILES string of the molecule is CC(C)(C)OC(=O)N1C[C@H](C(F)(F)F)[C@](C)(CN)C1. The average Bonchev–Trinajstić information content (AvgIpc) is 2.54. The molecule has 0 spiro atoms. The molecule has 19 heavy (non-hydrogen) atoms. The number of carbonyl (C=O) groups is 1. The predicted molar refractivity (Wildman–Crippen MR) is 64.5 cm³/mol. The number of ether oxygens (including phenoxy) is 1. The third-order valence-electron chi connectivity index (χ3n) is 3.31. The zero-order chi connectivity index (χ0) is 15.1. The molecule has 112 valence electrons. The van der Waals surface area contributed by atoms with Gasteiger partial charge in [-0.05, 0) is 20.8 Å². The quantitative estimate of drug-likeness (QED) is 0.803. The van der Waals surface area contributed by atoms with Gasteiger partial charge in [0.25, 0.3) is 0 Å². The molecule has 7 heteroatoms. The van der Waals surface area contributed by atoms with Crippen molar-refractivity contribution in [1.82, 2.24) is 4.90 Å². The molecule has 1 saturated heterocycles. The molecule has 0 saturated carbocycles. The van der Waals surface area contributed by atoms with Crippen LogP contribution < -0.4 is 5.73 Å². The third-order valence-corrected chi connectivity index (χ3v) is 3.31. The number of halogens is 3. The normalized spacial score (nSPS) is 28.6. The number of hydrogen-bond acceptors (Lipinski definition) is 3. The number of likely N-dealkylation sites (tertiary alicyclic amines) is 1. The van der Waals surface area contributed by atoms with Crippen LogP contribution in [0.15, 0.2) is 0 Å². The summed E-state index contributed by atoms with van der Waals surface area (Å²) in [5, 5.41) is 0. The molecule has 1 fully saturated rings. The van der Waals surface area contributed by atoms with Crippen molar-refractivity contribution in [2.24, 2.45) is 17.1 Å². The van der Waals surface area contributed by atoms with Gasteiger partial charge in [0.1, 0.15) is 5.60 Å². The first-order valence-corrected chi connectivity index (χ1v) is 6.14. The predicted octanol–water partition coefficient (Wildman–Crippen LogP) is 2.38. The van der Waals surface area contributed by atoms with Crippen molar-refractivity contribution >= 4 is 6.09 Å². The van der Waals surface area contributed by atoms with Gasteiger partial charge in [-0.3, -0.25) is 0 Å². The Hall–Kier alpha value is -0.980. The summed E-state index contributed by atoms with van der Waals surface area (Å²) in [5.74, 6) is -1.61. The van der Waals surface area contributed by atoms with Gasteiger partial charge in [0, 0.05) is 25.0 Å². The minimum Gasteiger partial charge on any atom is -0.444 e. The summed E-state index contributed by atoms with van der Waals surface area (Å²) < 4.78 is 44.0. The Kier molecular flexibility index (Phi) is 4.10. The maximum Gasteiger partial charge on any atom is 0.410 e. The second kappa shape index (κ2) is 4.85. The minimum atomic E-state index is -4.37. The van der Waals surface area contributed by atoms with Crippen LogP contribution in [0.5, 0.6) is 0 Å². The maximum atomic E-state index is 13.0. The number of nitrogens with zero attached hydrogens (tertiary/aromatic N) is 1. The Morgan fingerprint density at radius 3 is 2.26 bits per heavy atom. The number of hydrogen-bond donors (Lipinski definition) is 1. The Labute approximate surface area is 111 Å². The van der Waals surface area contributed by atoms with Gasteiger partial charge in [0.15, 0.2) is 0 Å². The lowest BCUT2D eigenvalue weighted by molar-refractivity contribution is -0.191. The first kappa shape index (κ1) is 16.1. The van der Waals surface area contributed by atoms with Crippen molar-refractivity contribution in [1.29, 1.82) is 0 Å². The van der Waals surface area contributed by atoms with Gasteiger partial charge >= 0.3 is 12.3 Å². The van der Waals surface area contributed by atoms with Crippen LogP contribution in [-0.2, 0) is 4.74 Å². The Morgan fingerprint density at radius 1 is 1.42 bits per heavy atom. The van der Waals surface area contributed by atoms with Crippen LogP contribution in [0.1, 0.15) is 27.7 Å². The topological polar surface area (TPSA) is 55.6 Å². The fraction of sp³-hybridized carbons (Fsp3) is 0.917. The van der Waals surface area contributed by atoms with Gasteiger partial charge in [-0.15, -0.1) is 0 Å². The van der Waals surface area contributed by atoms with Crippen LogP contribution in [-0.4, -0.2) is 42.4 Å². The zero-order valence-corrected chi connectivity index (χ0v) is 11.7. The van der Waals surface area contributed by atoms with E-state index in [1.54, 1.807) is 20.8 Å². The van der Waals surface area contributed by atoms with Crippen molar-refractivity contribution in [2.75, 3.05) is 19.6 Å². The van der Waals surface area contributed by atoms with Gasteiger partial charge in [-0.2, -0.15) is 13.2 Å². The molecule has 0 aromatic carbocycles. The van der Waals surface area contributed by atoms with E-state index in [4.69, 9.17) is 10.5 Å². The van der Waals surface area contributed by atoms with Crippen molar-refractivity contribution in [3.8, 4) is 0 Å². The Morgan fingerprint density at radius 2 is 1.95 bits per heavy atom. The standard InChI is InChI=1S/C12H21F3N2O2/c1-10(2,3)19-9(18)17-5-8(12(13,14)15)11(4,6-16)7-17/h8H,5-7,16H2,1-4H3/t8-,11+/m0/s1. The molecular weight excluding hydrogens is 261 g/mol. The minimum absolute atomic E-state index is 0.0391. The fourth-order valence-corrected chi connectivity index (χ4v) is 2.22. The summed E-state index contributed by atoms with van der Waals surface area (Å²) in [7, 11) is 0. The van der Waals surface area contributed by atoms with Gasteiger partial charge < -0.3 is 15.4 Å². The van der Waals surface area contributed by atoms with Gasteiger partial charge in [0.2, 0.25) is 0 Å². The Bertz CT molecular complexity index is 352. The van der Waals surface area contributed by atoms with E-state index in [2.05, 4.69) is 0 Å². The summed E-state index contributed by atoms with van der Waals surface area (Å²) in [4.78, 5) is 12.9. The van der Waals surface area contributed by atoms with E-state index in [1.807, 2.05) is 0 Å². The second-order valence-corrected chi connectivity index (χ2v) is 6.31. The van der Waals surface area contributed by atoms with Gasteiger partial charge in [-0.1, -0.05) is 6.92 Å². The van der Waals surface area contributed by atoms with E-state index in [1.165, 1.54) is 6.92 Å². The molecule has 1 heterocycles. The lowest BCUT2D eigenvalue weighted by Gasteiger charge is -2.30. The van der Waals surface area contributed by atoms with Crippen LogP contribution in [0.3, 0.4) is 0 Å². The third kappa shape index (κ3) is 3.75. The van der Waals surface area contributed by atoms with E-state index in [0.29, 0.717) is 0 Å². The number of nitrogens with two attached hydrogens (primary N) is 1. The molecular formula is C12H21F3N2O2. The maximum absolute atomic E-state index is 13.0. The van der Waals surface area contributed by atoms with E-state index in [0.717, 1.165) is 4.90 Å². The van der Waals surface area contributed by atoms with Crippen LogP contribution in [0.25, 0.3) is 0 Å². The number of carbonyl (C=O) groups excluding carboxylic acids is 1. The molecule has 0 aromatic rings. The molecule has 0 aliphatic carbocycles. The van der Waals surface area contributed by atoms with Crippen LogP contribution in [0.2, 0.25) is 0 Å². The first-order valence-electron chi connectivity index (χ1n) is 6.14. The summed E-state index contributed by atoms with van der Waals surface area (Å²) >= 11 is 0. The number of amides is 1. The zero-order valence-electron chi connectivity index (χ0n) is 11.7. The lowest BCUT2D eigenvalue weighted by Crippen LogP contribution is -2.42. The molecule has 0 bridgehead atoms. The molecule has 2 N–H and O–H groups in total. The lowest BCUT2D eigenvalue weighted by atomic mass is 9.79. The molecule has 2 atom stereocenters.